The van der Waals surface area contributed by atoms with Gasteiger partial charge in [-0.05, 0) is 86.5 Å². The van der Waals surface area contributed by atoms with E-state index in [1.807, 2.05) is 0 Å². The zero-order valence-electron chi connectivity index (χ0n) is 26.7. The molecule has 0 aliphatic rings. The Bertz CT molecular complexity index is 2610. The van der Waals surface area contributed by atoms with Crippen molar-refractivity contribution in [2.75, 3.05) is 0 Å². The van der Waals surface area contributed by atoms with Crippen molar-refractivity contribution in [3.8, 4) is 27.9 Å². The van der Waals surface area contributed by atoms with Crippen molar-refractivity contribution in [1.29, 1.82) is 0 Å². The van der Waals surface area contributed by atoms with Gasteiger partial charge in [-0.2, -0.15) is 0 Å². The molecule has 2 heterocycles. The number of nitrogens with zero attached hydrogens (tertiary/aromatic N) is 3. The smallest absolute Gasteiger partial charge is 0.0971 e. The Balaban J connectivity index is 1.16. The van der Waals surface area contributed by atoms with Crippen molar-refractivity contribution in [2.24, 2.45) is 0 Å². The van der Waals surface area contributed by atoms with E-state index in [1.54, 1.807) is 12.4 Å². The molecule has 0 aliphatic carbocycles. The van der Waals surface area contributed by atoms with E-state index in [2.05, 4.69) is 164 Å². The van der Waals surface area contributed by atoms with Crippen LogP contribution in [-0.4, -0.2) is 14.5 Å². The lowest BCUT2D eigenvalue weighted by molar-refractivity contribution is 0.591. The van der Waals surface area contributed by atoms with Gasteiger partial charge in [0.05, 0.1) is 22.1 Å². The molecule has 224 valence electrons. The molecular weight excluding hydrogens is 571 g/mol. The maximum Gasteiger partial charge on any atom is 0.0971 e. The Morgan fingerprint density at radius 3 is 1.60 bits per heavy atom. The van der Waals surface area contributed by atoms with Crippen molar-refractivity contribution >= 4 is 54.4 Å². The molecule has 0 radical (unpaired) electrons. The van der Waals surface area contributed by atoms with Gasteiger partial charge < -0.3 is 4.57 Å². The molecule has 3 heteroatoms. The van der Waals surface area contributed by atoms with Crippen LogP contribution in [0.15, 0.2) is 146 Å². The Morgan fingerprint density at radius 1 is 0.426 bits per heavy atom. The number of rotatable bonds is 3. The number of aromatic nitrogens is 3. The Kier molecular flexibility index (Phi) is 6.07. The topological polar surface area (TPSA) is 30.7 Å². The molecule has 0 saturated carbocycles. The number of hydrogen-bond acceptors (Lipinski definition) is 2. The third-order valence-electron chi connectivity index (χ3n) is 9.64. The summed E-state index contributed by atoms with van der Waals surface area (Å²) in [7, 11) is 0. The highest BCUT2D eigenvalue weighted by Crippen LogP contribution is 2.39. The fourth-order valence-electron chi connectivity index (χ4n) is 7.19. The molecule has 9 rings (SSSR count). The van der Waals surface area contributed by atoms with Gasteiger partial charge in [0.25, 0.3) is 0 Å². The Morgan fingerprint density at radius 2 is 0.936 bits per heavy atom. The average molecular weight is 604 g/mol. The minimum Gasteiger partial charge on any atom is -0.309 e. The zero-order chi connectivity index (χ0) is 31.7. The summed E-state index contributed by atoms with van der Waals surface area (Å²) in [6.07, 6.45) is 3.56. The van der Waals surface area contributed by atoms with Gasteiger partial charge in [0.2, 0.25) is 0 Å². The maximum absolute atomic E-state index is 4.72. The van der Waals surface area contributed by atoms with Crippen LogP contribution in [-0.2, 0) is 5.41 Å². The van der Waals surface area contributed by atoms with Crippen molar-refractivity contribution < 1.29 is 0 Å². The van der Waals surface area contributed by atoms with Gasteiger partial charge in [-0.1, -0.05) is 112 Å². The number of para-hydroxylation sites is 1. The lowest BCUT2D eigenvalue weighted by Crippen LogP contribution is -2.10. The van der Waals surface area contributed by atoms with E-state index in [4.69, 9.17) is 4.98 Å². The second-order valence-corrected chi connectivity index (χ2v) is 13.5. The van der Waals surface area contributed by atoms with E-state index in [0.29, 0.717) is 0 Å². The molecule has 0 bridgehead atoms. The van der Waals surface area contributed by atoms with Gasteiger partial charge >= 0.3 is 0 Å². The van der Waals surface area contributed by atoms with E-state index < -0.39 is 0 Å². The number of benzene rings is 7. The van der Waals surface area contributed by atoms with Crippen LogP contribution in [0.25, 0.3) is 82.3 Å². The highest BCUT2D eigenvalue weighted by atomic mass is 15.0. The molecule has 0 atom stereocenters. The first kappa shape index (κ1) is 27.5. The summed E-state index contributed by atoms with van der Waals surface area (Å²) < 4.78 is 2.39. The zero-order valence-corrected chi connectivity index (χ0v) is 26.7. The van der Waals surface area contributed by atoms with Gasteiger partial charge in [-0.3, -0.25) is 9.97 Å². The van der Waals surface area contributed by atoms with E-state index in [-0.39, 0.29) is 5.41 Å². The van der Waals surface area contributed by atoms with Crippen LogP contribution >= 0.6 is 0 Å². The summed E-state index contributed by atoms with van der Waals surface area (Å²) in [5.41, 5.74) is 11.7. The summed E-state index contributed by atoms with van der Waals surface area (Å²) in [5.74, 6) is 0. The highest BCUT2D eigenvalue weighted by molar-refractivity contribution is 6.23. The molecule has 0 N–H and O–H groups in total. The normalized spacial score (nSPS) is 12.1. The van der Waals surface area contributed by atoms with Crippen LogP contribution in [0.2, 0.25) is 0 Å². The molecule has 47 heavy (non-hydrogen) atoms. The third-order valence-corrected chi connectivity index (χ3v) is 9.64. The van der Waals surface area contributed by atoms with Gasteiger partial charge in [0.1, 0.15) is 0 Å². The van der Waals surface area contributed by atoms with E-state index >= 15 is 0 Å². The summed E-state index contributed by atoms with van der Waals surface area (Å²) in [5, 5.41) is 7.22. The molecule has 2 aromatic heterocycles. The largest absolute Gasteiger partial charge is 0.309 e. The molecule has 0 amide bonds. The molecule has 3 nitrogen and oxygen atoms in total. The maximum atomic E-state index is 4.72. The number of hydrogen-bond donors (Lipinski definition) is 0. The fraction of sp³-hybridized carbons (Fsp3) is 0.0909. The van der Waals surface area contributed by atoms with Crippen LogP contribution < -0.4 is 0 Å². The molecule has 0 aliphatic heterocycles. The van der Waals surface area contributed by atoms with Crippen LogP contribution in [0, 0.1) is 0 Å². The van der Waals surface area contributed by atoms with Crippen LogP contribution in [0.1, 0.15) is 26.3 Å². The molecule has 0 unspecified atom stereocenters. The third kappa shape index (κ3) is 4.42. The summed E-state index contributed by atoms with van der Waals surface area (Å²) in [4.78, 5) is 9.40. The van der Waals surface area contributed by atoms with Crippen molar-refractivity contribution in [2.45, 2.75) is 26.2 Å². The quantitative estimate of drug-likeness (QED) is 0.188. The van der Waals surface area contributed by atoms with Crippen molar-refractivity contribution in [3.63, 3.8) is 0 Å². The fourth-order valence-corrected chi connectivity index (χ4v) is 7.19. The van der Waals surface area contributed by atoms with Gasteiger partial charge in [-0.25, -0.2) is 0 Å². The summed E-state index contributed by atoms with van der Waals surface area (Å²) in [6.45, 7) is 6.85. The number of fused-ring (bicyclic) bond motifs is 9. The minimum atomic E-state index is 0.0678. The first-order valence-corrected chi connectivity index (χ1v) is 16.2. The predicted octanol–water partition coefficient (Wildman–Crippen LogP) is 11.7. The van der Waals surface area contributed by atoms with Gasteiger partial charge in [-0.15, -0.1) is 0 Å². The summed E-state index contributed by atoms with van der Waals surface area (Å²) >= 11 is 0. The molecule has 0 spiro atoms. The molecule has 0 fully saturated rings. The molecule has 9 aromatic rings. The highest BCUT2D eigenvalue weighted by Gasteiger charge is 2.19. The van der Waals surface area contributed by atoms with Crippen LogP contribution in [0.4, 0.5) is 0 Å². The molecular formula is C44H33N3. The first-order chi connectivity index (χ1) is 22.9. The average Bonchev–Trinajstić information content (AvgIpc) is 3.45. The molecule has 0 saturated heterocycles. The van der Waals surface area contributed by atoms with E-state index in [9.17, 15) is 0 Å². The van der Waals surface area contributed by atoms with E-state index in [1.165, 1.54) is 66.1 Å². The van der Waals surface area contributed by atoms with Crippen molar-refractivity contribution in [3.05, 3.63) is 151 Å². The SMILES string of the molecule is CC(C)(C)c1ccc2c(c1)c1cc(-c3ccc(-c4ccc5c(c4)c4ccccc4c4nccnc54)cc3)ccc1n2-c1ccccc1. The van der Waals surface area contributed by atoms with Crippen LogP contribution in [0.5, 0.6) is 0 Å². The lowest BCUT2D eigenvalue weighted by Gasteiger charge is -2.19. The standard InChI is InChI=1S/C44H33N3/c1-44(2,3)32-19-22-41-39(27-32)38-26-31(18-21-40(38)47(41)33-9-5-4-6-10-33)29-15-13-28(14-16-29)30-17-20-36-37(25-30)34-11-7-8-12-35(34)42-43(36)46-24-23-45-42/h4-27H,1-3H3. The second kappa shape index (κ2) is 10.4. The summed E-state index contributed by atoms with van der Waals surface area (Å²) in [6, 6.07) is 48.8. The molecule has 7 aromatic carbocycles. The minimum absolute atomic E-state index is 0.0678. The Labute approximate surface area is 273 Å². The first-order valence-electron chi connectivity index (χ1n) is 16.2. The lowest BCUT2D eigenvalue weighted by atomic mass is 9.86. The van der Waals surface area contributed by atoms with Crippen molar-refractivity contribution in [1.82, 2.24) is 14.5 Å². The Hall–Kier alpha value is -5.80. The van der Waals surface area contributed by atoms with E-state index in [0.717, 1.165) is 21.8 Å². The van der Waals surface area contributed by atoms with Gasteiger partial charge in [0.15, 0.2) is 0 Å². The second-order valence-electron chi connectivity index (χ2n) is 13.5. The van der Waals surface area contributed by atoms with Crippen LogP contribution in [0.3, 0.4) is 0 Å². The van der Waals surface area contributed by atoms with Gasteiger partial charge in [0, 0.05) is 39.6 Å². The monoisotopic (exact) mass is 603 g/mol. The predicted molar refractivity (Wildman–Crippen MR) is 198 cm³/mol.